The summed E-state index contributed by atoms with van der Waals surface area (Å²) in [5, 5.41) is 0. The van der Waals surface area contributed by atoms with Crippen molar-refractivity contribution in [3.8, 4) is 0 Å². The van der Waals surface area contributed by atoms with Crippen LogP contribution in [0.3, 0.4) is 0 Å². The Labute approximate surface area is 101 Å². The Morgan fingerprint density at radius 3 is 3.00 bits per heavy atom. The van der Waals surface area contributed by atoms with Gasteiger partial charge in [0.15, 0.2) is 0 Å². The van der Waals surface area contributed by atoms with Crippen molar-refractivity contribution in [2.45, 2.75) is 39.0 Å². The van der Waals surface area contributed by atoms with E-state index in [1.807, 2.05) is 19.1 Å². The van der Waals surface area contributed by atoms with Crippen molar-refractivity contribution in [1.82, 2.24) is 5.48 Å². The van der Waals surface area contributed by atoms with E-state index in [1.165, 1.54) is 6.42 Å². The number of hydroxylamine groups is 1. The fraction of sp³-hybridized carbons (Fsp3) is 0.615. The van der Waals surface area contributed by atoms with E-state index in [0.717, 1.165) is 17.4 Å². The summed E-state index contributed by atoms with van der Waals surface area (Å²) >= 11 is 0. The van der Waals surface area contributed by atoms with Crippen LogP contribution in [-0.2, 0) is 16.1 Å². The van der Waals surface area contributed by atoms with Gasteiger partial charge in [0.2, 0.25) is 5.91 Å². The predicted octanol–water partition coefficient (Wildman–Crippen LogP) is 2.40. The van der Waals surface area contributed by atoms with E-state index >= 15 is 0 Å². The summed E-state index contributed by atoms with van der Waals surface area (Å²) in [7, 11) is 0. The molecule has 1 aromatic rings. The number of amides is 1. The number of carbonyl (C=O) groups excluding carboxylic acids is 1. The van der Waals surface area contributed by atoms with Gasteiger partial charge in [0, 0.05) is 18.8 Å². The lowest BCUT2D eigenvalue weighted by Gasteiger charge is -2.02. The molecular weight excluding hydrogens is 218 g/mol. The van der Waals surface area contributed by atoms with Gasteiger partial charge in [-0.05, 0) is 31.4 Å². The molecule has 0 aliphatic heterocycles. The standard InChI is InChI=1S/C13H19NO3/c1-3-16-14-13(15)7-5-10-4-6-12(17-10)11-8-9(11)2/h4,6,9,11H,3,5,7-8H2,1-2H3,(H,14,15). The zero-order chi connectivity index (χ0) is 12.3. The zero-order valence-electron chi connectivity index (χ0n) is 10.4. The smallest absolute Gasteiger partial charge is 0.243 e. The number of aryl methyl sites for hydroxylation is 1. The highest BCUT2D eigenvalue weighted by Crippen LogP contribution is 2.47. The summed E-state index contributed by atoms with van der Waals surface area (Å²) in [4.78, 5) is 16.1. The first-order valence-electron chi connectivity index (χ1n) is 6.20. The van der Waals surface area contributed by atoms with Gasteiger partial charge in [-0.2, -0.15) is 0 Å². The fourth-order valence-corrected chi connectivity index (χ4v) is 1.89. The van der Waals surface area contributed by atoms with Gasteiger partial charge in [0.1, 0.15) is 11.5 Å². The lowest BCUT2D eigenvalue weighted by molar-refractivity contribution is -0.133. The minimum absolute atomic E-state index is 0.107. The van der Waals surface area contributed by atoms with E-state index in [-0.39, 0.29) is 5.91 Å². The molecule has 1 fully saturated rings. The third-order valence-electron chi connectivity index (χ3n) is 3.09. The molecule has 1 amide bonds. The Kier molecular flexibility index (Phi) is 3.84. The van der Waals surface area contributed by atoms with Crippen molar-refractivity contribution in [1.29, 1.82) is 0 Å². The summed E-state index contributed by atoms with van der Waals surface area (Å²) in [6.45, 7) is 4.54. The maximum absolute atomic E-state index is 11.3. The van der Waals surface area contributed by atoms with E-state index in [9.17, 15) is 4.79 Å². The van der Waals surface area contributed by atoms with Crippen LogP contribution in [0.4, 0.5) is 0 Å². The number of hydrogen-bond acceptors (Lipinski definition) is 3. The topological polar surface area (TPSA) is 51.5 Å². The van der Waals surface area contributed by atoms with E-state index in [2.05, 4.69) is 12.4 Å². The van der Waals surface area contributed by atoms with Crippen LogP contribution in [0, 0.1) is 5.92 Å². The molecule has 1 aromatic heterocycles. The summed E-state index contributed by atoms with van der Waals surface area (Å²) < 4.78 is 5.71. The van der Waals surface area contributed by atoms with Crippen LogP contribution in [-0.4, -0.2) is 12.5 Å². The molecule has 4 nitrogen and oxygen atoms in total. The molecule has 0 aromatic carbocycles. The number of rotatable bonds is 6. The van der Waals surface area contributed by atoms with Gasteiger partial charge in [0.05, 0.1) is 6.61 Å². The quantitative estimate of drug-likeness (QED) is 0.773. The molecule has 4 heteroatoms. The maximum Gasteiger partial charge on any atom is 0.243 e. The first kappa shape index (κ1) is 12.2. The van der Waals surface area contributed by atoms with Gasteiger partial charge in [-0.25, -0.2) is 5.48 Å². The lowest BCUT2D eigenvalue weighted by Crippen LogP contribution is -2.23. The molecular formula is C13H19NO3. The molecule has 0 radical (unpaired) electrons. The molecule has 1 aliphatic carbocycles. The Morgan fingerprint density at radius 2 is 2.35 bits per heavy atom. The van der Waals surface area contributed by atoms with Gasteiger partial charge >= 0.3 is 0 Å². The molecule has 2 rings (SSSR count). The third-order valence-corrected chi connectivity index (χ3v) is 3.09. The highest BCUT2D eigenvalue weighted by atomic mass is 16.6. The number of hydrogen-bond donors (Lipinski definition) is 1. The Morgan fingerprint density at radius 1 is 1.59 bits per heavy atom. The van der Waals surface area contributed by atoms with Gasteiger partial charge < -0.3 is 4.42 Å². The first-order valence-corrected chi connectivity index (χ1v) is 6.20. The van der Waals surface area contributed by atoms with Gasteiger partial charge in [-0.1, -0.05) is 6.92 Å². The van der Waals surface area contributed by atoms with Gasteiger partial charge in [-0.3, -0.25) is 9.63 Å². The Balaban J connectivity index is 1.75. The van der Waals surface area contributed by atoms with Crippen molar-refractivity contribution in [3.05, 3.63) is 23.7 Å². The summed E-state index contributed by atoms with van der Waals surface area (Å²) in [5.74, 6) is 3.18. The summed E-state index contributed by atoms with van der Waals surface area (Å²) in [5.41, 5.74) is 2.37. The average Bonchev–Trinajstić information content (AvgIpc) is 2.88. The predicted molar refractivity (Wildman–Crippen MR) is 63.3 cm³/mol. The van der Waals surface area contributed by atoms with Crippen LogP contribution in [0.1, 0.15) is 44.1 Å². The van der Waals surface area contributed by atoms with Crippen molar-refractivity contribution < 1.29 is 14.0 Å². The first-order chi connectivity index (χ1) is 8.20. The van der Waals surface area contributed by atoms with Crippen LogP contribution < -0.4 is 5.48 Å². The second-order valence-corrected chi connectivity index (χ2v) is 4.58. The van der Waals surface area contributed by atoms with Crippen molar-refractivity contribution in [3.63, 3.8) is 0 Å². The Bertz CT molecular complexity index is 386. The fourth-order valence-electron chi connectivity index (χ4n) is 1.89. The molecule has 2 unspecified atom stereocenters. The highest BCUT2D eigenvalue weighted by molar-refractivity contribution is 5.74. The van der Waals surface area contributed by atoms with Crippen LogP contribution in [0.5, 0.6) is 0 Å². The second-order valence-electron chi connectivity index (χ2n) is 4.58. The average molecular weight is 237 g/mol. The molecule has 1 aliphatic rings. The highest BCUT2D eigenvalue weighted by Gasteiger charge is 2.36. The maximum atomic E-state index is 11.3. The van der Waals surface area contributed by atoms with Gasteiger partial charge in [0.25, 0.3) is 0 Å². The van der Waals surface area contributed by atoms with Crippen LogP contribution in [0.15, 0.2) is 16.5 Å². The number of furan rings is 1. The van der Waals surface area contributed by atoms with E-state index in [1.54, 1.807) is 0 Å². The second kappa shape index (κ2) is 5.36. The minimum Gasteiger partial charge on any atom is -0.466 e. The molecule has 0 bridgehead atoms. The number of carbonyl (C=O) groups is 1. The molecule has 1 heterocycles. The SMILES string of the molecule is CCONC(=O)CCc1ccc(C2CC2C)o1. The summed E-state index contributed by atoms with van der Waals surface area (Å²) in [6.07, 6.45) is 2.24. The molecule has 94 valence electrons. The van der Waals surface area contributed by atoms with Crippen molar-refractivity contribution in [2.75, 3.05) is 6.61 Å². The van der Waals surface area contributed by atoms with E-state index in [4.69, 9.17) is 9.25 Å². The molecule has 0 spiro atoms. The van der Waals surface area contributed by atoms with Crippen LogP contribution in [0.2, 0.25) is 0 Å². The molecule has 17 heavy (non-hydrogen) atoms. The van der Waals surface area contributed by atoms with Crippen LogP contribution in [0.25, 0.3) is 0 Å². The van der Waals surface area contributed by atoms with E-state index in [0.29, 0.717) is 25.4 Å². The van der Waals surface area contributed by atoms with Crippen LogP contribution >= 0.6 is 0 Å². The third kappa shape index (κ3) is 3.33. The molecule has 2 atom stereocenters. The lowest BCUT2D eigenvalue weighted by atomic mass is 10.2. The summed E-state index contributed by atoms with van der Waals surface area (Å²) in [6, 6.07) is 4.00. The van der Waals surface area contributed by atoms with Gasteiger partial charge in [-0.15, -0.1) is 0 Å². The molecule has 1 saturated carbocycles. The number of nitrogens with one attached hydrogen (secondary N) is 1. The van der Waals surface area contributed by atoms with E-state index < -0.39 is 0 Å². The van der Waals surface area contributed by atoms with Crippen molar-refractivity contribution >= 4 is 5.91 Å². The molecule has 0 saturated heterocycles. The van der Waals surface area contributed by atoms with Crippen molar-refractivity contribution in [2.24, 2.45) is 5.92 Å². The largest absolute Gasteiger partial charge is 0.466 e. The molecule has 1 N–H and O–H groups in total. The monoisotopic (exact) mass is 237 g/mol. The zero-order valence-corrected chi connectivity index (χ0v) is 10.4. The normalized spacial score (nSPS) is 22.5. The minimum atomic E-state index is -0.107. The Hall–Kier alpha value is -1.29.